The van der Waals surface area contributed by atoms with Crippen molar-refractivity contribution in [3.05, 3.63) is 22.4 Å². The molecule has 1 unspecified atom stereocenters. The van der Waals surface area contributed by atoms with Crippen LogP contribution in [-0.4, -0.2) is 0 Å². The van der Waals surface area contributed by atoms with E-state index in [0.717, 1.165) is 11.8 Å². The van der Waals surface area contributed by atoms with Gasteiger partial charge in [0.25, 0.3) is 0 Å². The molecule has 0 spiro atoms. The average Bonchev–Trinajstić information content (AvgIpc) is 2.80. The minimum absolute atomic E-state index is 0.976. The van der Waals surface area contributed by atoms with E-state index in [-0.39, 0.29) is 0 Å². The normalized spacial score (nSPS) is 19.4. The first-order valence-corrected chi connectivity index (χ1v) is 5.80. The van der Waals surface area contributed by atoms with Crippen LogP contribution in [0.4, 0.5) is 0 Å². The van der Waals surface area contributed by atoms with Crippen LogP contribution in [0.5, 0.6) is 0 Å². The van der Waals surface area contributed by atoms with Crippen LogP contribution in [0, 0.1) is 11.8 Å². The Morgan fingerprint density at radius 1 is 1.58 bits per heavy atom. The van der Waals surface area contributed by atoms with Crippen LogP contribution in [0.3, 0.4) is 0 Å². The monoisotopic (exact) mass is 180 g/mol. The van der Waals surface area contributed by atoms with Crippen LogP contribution in [0.1, 0.15) is 31.1 Å². The predicted octanol–water partition coefficient (Wildman–Crippen LogP) is 3.73. The van der Waals surface area contributed by atoms with E-state index in [1.165, 1.54) is 25.7 Å². The van der Waals surface area contributed by atoms with Gasteiger partial charge in [0, 0.05) is 4.88 Å². The van der Waals surface area contributed by atoms with Gasteiger partial charge in [-0.1, -0.05) is 19.4 Å². The molecule has 66 valence electrons. The van der Waals surface area contributed by atoms with Crippen molar-refractivity contribution < 1.29 is 0 Å². The maximum absolute atomic E-state index is 2.33. The Labute approximate surface area is 78.6 Å². The molecule has 1 heteroatoms. The van der Waals surface area contributed by atoms with Crippen LogP contribution in [0.25, 0.3) is 0 Å². The highest BCUT2D eigenvalue weighted by atomic mass is 32.1. The van der Waals surface area contributed by atoms with Gasteiger partial charge in [0.1, 0.15) is 0 Å². The van der Waals surface area contributed by atoms with Crippen molar-refractivity contribution in [1.29, 1.82) is 0 Å². The van der Waals surface area contributed by atoms with Gasteiger partial charge in [0.05, 0.1) is 0 Å². The van der Waals surface area contributed by atoms with Crippen molar-refractivity contribution in [2.75, 3.05) is 0 Å². The third kappa shape index (κ3) is 1.89. The van der Waals surface area contributed by atoms with E-state index in [1.54, 1.807) is 4.88 Å². The Bertz CT molecular complexity index is 221. The summed E-state index contributed by atoms with van der Waals surface area (Å²) in [7, 11) is 0. The Kier molecular flexibility index (Phi) is 2.50. The largest absolute Gasteiger partial charge is 0.149 e. The van der Waals surface area contributed by atoms with E-state index in [4.69, 9.17) is 0 Å². The van der Waals surface area contributed by atoms with Gasteiger partial charge in [0.15, 0.2) is 0 Å². The molecule has 0 radical (unpaired) electrons. The lowest BCUT2D eigenvalue weighted by molar-refractivity contribution is 0.448. The molecular formula is C11H16S. The lowest BCUT2D eigenvalue weighted by Crippen LogP contribution is -2.03. The van der Waals surface area contributed by atoms with Crippen molar-refractivity contribution in [1.82, 2.24) is 0 Å². The summed E-state index contributed by atoms with van der Waals surface area (Å²) in [6.45, 7) is 2.33. The van der Waals surface area contributed by atoms with Crippen molar-refractivity contribution in [2.24, 2.45) is 11.8 Å². The lowest BCUT2D eigenvalue weighted by atomic mass is 9.96. The topological polar surface area (TPSA) is 0 Å². The zero-order valence-corrected chi connectivity index (χ0v) is 8.44. The quantitative estimate of drug-likeness (QED) is 0.662. The summed E-state index contributed by atoms with van der Waals surface area (Å²) >= 11 is 1.91. The van der Waals surface area contributed by atoms with Gasteiger partial charge in [-0.05, 0) is 42.5 Å². The van der Waals surface area contributed by atoms with Gasteiger partial charge in [0.2, 0.25) is 0 Å². The lowest BCUT2D eigenvalue weighted by Gasteiger charge is -2.11. The van der Waals surface area contributed by atoms with Crippen molar-refractivity contribution in [3.8, 4) is 0 Å². The smallest absolute Gasteiger partial charge is 0.00480 e. The third-order valence-corrected chi connectivity index (χ3v) is 3.76. The third-order valence-electron chi connectivity index (χ3n) is 2.86. The molecule has 0 bridgehead atoms. The van der Waals surface area contributed by atoms with Gasteiger partial charge >= 0.3 is 0 Å². The van der Waals surface area contributed by atoms with E-state index in [0.29, 0.717) is 0 Å². The summed E-state index contributed by atoms with van der Waals surface area (Å²) in [5.41, 5.74) is 0. The van der Waals surface area contributed by atoms with Crippen LogP contribution in [0.2, 0.25) is 0 Å². The molecule has 1 saturated carbocycles. The highest BCUT2D eigenvalue weighted by molar-refractivity contribution is 7.09. The number of hydrogen-bond donors (Lipinski definition) is 0. The summed E-state index contributed by atoms with van der Waals surface area (Å²) in [5, 5.41) is 2.19. The standard InChI is InChI=1S/C11H16S/c1-2-9(10-5-6-10)8-11-4-3-7-12-11/h3-4,7,9-10H,2,5-6,8H2,1H3. The van der Waals surface area contributed by atoms with Crippen LogP contribution in [0.15, 0.2) is 17.5 Å². The van der Waals surface area contributed by atoms with Crippen molar-refractivity contribution >= 4 is 11.3 Å². The Morgan fingerprint density at radius 3 is 2.92 bits per heavy atom. The molecule has 1 aromatic heterocycles. The minimum atomic E-state index is 0.976. The molecule has 0 N–H and O–H groups in total. The maximum atomic E-state index is 2.33. The summed E-state index contributed by atoms with van der Waals surface area (Å²) in [4.78, 5) is 1.58. The van der Waals surface area contributed by atoms with Gasteiger partial charge in [-0.25, -0.2) is 0 Å². The van der Waals surface area contributed by atoms with Gasteiger partial charge < -0.3 is 0 Å². The summed E-state index contributed by atoms with van der Waals surface area (Å²) in [6.07, 6.45) is 5.68. The van der Waals surface area contributed by atoms with E-state index in [1.807, 2.05) is 11.3 Å². The van der Waals surface area contributed by atoms with Gasteiger partial charge in [-0.3, -0.25) is 0 Å². The van der Waals surface area contributed by atoms with Crippen molar-refractivity contribution in [2.45, 2.75) is 32.6 Å². The fourth-order valence-electron chi connectivity index (χ4n) is 1.90. The fourth-order valence-corrected chi connectivity index (χ4v) is 2.70. The minimum Gasteiger partial charge on any atom is -0.149 e. The molecule has 1 atom stereocenters. The second-order valence-corrected chi connectivity index (χ2v) is 4.82. The van der Waals surface area contributed by atoms with Crippen LogP contribution in [-0.2, 0) is 6.42 Å². The predicted molar refractivity (Wildman–Crippen MR) is 54.5 cm³/mol. The van der Waals surface area contributed by atoms with Crippen molar-refractivity contribution in [3.63, 3.8) is 0 Å². The Hall–Kier alpha value is -0.300. The zero-order chi connectivity index (χ0) is 8.39. The highest BCUT2D eigenvalue weighted by Crippen LogP contribution is 2.40. The highest BCUT2D eigenvalue weighted by Gasteiger charge is 2.29. The number of hydrogen-bond acceptors (Lipinski definition) is 1. The van der Waals surface area contributed by atoms with Gasteiger partial charge in [-0.15, -0.1) is 11.3 Å². The van der Waals surface area contributed by atoms with Gasteiger partial charge in [-0.2, -0.15) is 0 Å². The fraction of sp³-hybridized carbons (Fsp3) is 0.636. The van der Waals surface area contributed by atoms with Crippen LogP contribution < -0.4 is 0 Å². The molecule has 12 heavy (non-hydrogen) atoms. The summed E-state index contributed by atoms with van der Waals surface area (Å²) in [6, 6.07) is 4.44. The van der Waals surface area contributed by atoms with Crippen LogP contribution >= 0.6 is 11.3 Å². The van der Waals surface area contributed by atoms with E-state index < -0.39 is 0 Å². The first-order valence-electron chi connectivity index (χ1n) is 4.92. The van der Waals surface area contributed by atoms with E-state index in [2.05, 4.69) is 24.4 Å². The number of thiophene rings is 1. The van der Waals surface area contributed by atoms with E-state index in [9.17, 15) is 0 Å². The molecule has 0 aliphatic heterocycles. The molecule has 0 amide bonds. The molecule has 1 aliphatic carbocycles. The molecule has 1 heterocycles. The summed E-state index contributed by atoms with van der Waals surface area (Å²) < 4.78 is 0. The first kappa shape index (κ1) is 8.31. The second-order valence-electron chi connectivity index (χ2n) is 3.79. The average molecular weight is 180 g/mol. The molecule has 0 aromatic carbocycles. The molecule has 1 fully saturated rings. The molecule has 0 saturated heterocycles. The summed E-state index contributed by atoms with van der Waals surface area (Å²) in [5.74, 6) is 2.04. The molecule has 1 aliphatic rings. The SMILES string of the molecule is CCC(Cc1cccs1)C1CC1. The molecule has 0 nitrogen and oxygen atoms in total. The molecule has 1 aromatic rings. The van der Waals surface area contributed by atoms with E-state index >= 15 is 0 Å². The zero-order valence-electron chi connectivity index (χ0n) is 7.62. The maximum Gasteiger partial charge on any atom is 0.00480 e. The molecular weight excluding hydrogens is 164 g/mol. The Morgan fingerprint density at radius 2 is 2.42 bits per heavy atom. The Balaban J connectivity index is 1.91. The molecule has 2 rings (SSSR count). The first-order chi connectivity index (χ1) is 5.90. The second kappa shape index (κ2) is 3.61. The number of rotatable bonds is 4.